The normalized spacial score (nSPS) is 28.4. The minimum absolute atomic E-state index is 0.0301. The molecule has 29 heavy (non-hydrogen) atoms. The zero-order valence-corrected chi connectivity index (χ0v) is 16.8. The van der Waals surface area contributed by atoms with Gasteiger partial charge in [0.1, 0.15) is 0 Å². The number of rotatable bonds is 3. The summed E-state index contributed by atoms with van der Waals surface area (Å²) < 4.78 is 45.3. The predicted molar refractivity (Wildman–Crippen MR) is 103 cm³/mol. The Bertz CT molecular complexity index is 753. The Morgan fingerprint density at radius 3 is 2.69 bits per heavy atom. The van der Waals surface area contributed by atoms with Crippen LogP contribution in [0.3, 0.4) is 0 Å². The van der Waals surface area contributed by atoms with Crippen LogP contribution in [0.4, 0.5) is 13.2 Å². The van der Waals surface area contributed by atoms with Gasteiger partial charge in [-0.25, -0.2) is 0 Å². The molecule has 3 aliphatic rings. The van der Waals surface area contributed by atoms with Gasteiger partial charge in [-0.05, 0) is 43.6 Å². The number of hydrogen-bond acceptors (Lipinski definition) is 4. The van der Waals surface area contributed by atoms with Gasteiger partial charge in [-0.3, -0.25) is 9.69 Å². The van der Waals surface area contributed by atoms with E-state index in [2.05, 4.69) is 10.2 Å². The lowest BCUT2D eigenvalue weighted by Crippen LogP contribution is -2.70. The molecule has 2 unspecified atom stereocenters. The molecule has 3 aliphatic heterocycles. The second-order valence-electron chi connectivity index (χ2n) is 7.97. The second-order valence-corrected chi connectivity index (χ2v) is 8.38. The fraction of sp³-hybridized carbons (Fsp3) is 0.650. The van der Waals surface area contributed by atoms with E-state index in [0.29, 0.717) is 31.9 Å². The van der Waals surface area contributed by atoms with E-state index < -0.39 is 11.7 Å². The third-order valence-corrected chi connectivity index (χ3v) is 6.46. The highest BCUT2D eigenvalue weighted by atomic mass is 35.5. The Morgan fingerprint density at radius 2 is 1.97 bits per heavy atom. The Kier molecular flexibility index (Phi) is 6.06. The number of fused-ring (bicyclic) bond motifs is 1. The first-order valence-corrected chi connectivity index (χ1v) is 10.4. The smallest absolute Gasteiger partial charge is 0.378 e. The topological polar surface area (TPSA) is 44.8 Å². The quantitative estimate of drug-likeness (QED) is 0.799. The highest BCUT2D eigenvalue weighted by Gasteiger charge is 2.45. The molecule has 1 amide bonds. The molecule has 1 N–H and O–H groups in total. The van der Waals surface area contributed by atoms with Crippen LogP contribution in [-0.4, -0.2) is 73.2 Å². The monoisotopic (exact) mass is 431 g/mol. The van der Waals surface area contributed by atoms with Crippen molar-refractivity contribution in [3.63, 3.8) is 0 Å². The van der Waals surface area contributed by atoms with E-state index in [0.717, 1.165) is 32.0 Å². The molecule has 0 aromatic heterocycles. The average molecular weight is 432 g/mol. The Labute approximate surface area is 173 Å². The van der Waals surface area contributed by atoms with Crippen LogP contribution in [0.2, 0.25) is 5.02 Å². The Morgan fingerprint density at radius 1 is 1.21 bits per heavy atom. The van der Waals surface area contributed by atoms with Gasteiger partial charge >= 0.3 is 6.18 Å². The van der Waals surface area contributed by atoms with Crippen LogP contribution < -0.4 is 5.32 Å². The summed E-state index contributed by atoms with van der Waals surface area (Å²) in [4.78, 5) is 17.4. The standard InChI is InChI=1S/C20H25ClF3N3O2/c21-15-4-3-13(9-14(15)20(22,23)24)10-18(28)27-8-5-25-16-11-29-12-17(19(16)27)26-6-1-2-7-26/h3-4,9,16-17,19,25H,1-2,5-8,10-12H2/t16?,17?,19-/m0/s1. The van der Waals surface area contributed by atoms with Gasteiger partial charge in [0.15, 0.2) is 0 Å². The minimum Gasteiger partial charge on any atom is -0.378 e. The number of hydrogen-bond donors (Lipinski definition) is 1. The summed E-state index contributed by atoms with van der Waals surface area (Å²) >= 11 is 5.71. The van der Waals surface area contributed by atoms with E-state index in [4.69, 9.17) is 16.3 Å². The third-order valence-electron chi connectivity index (χ3n) is 6.13. The number of halogens is 4. The molecule has 0 aliphatic carbocycles. The van der Waals surface area contributed by atoms with Crippen molar-refractivity contribution in [1.29, 1.82) is 0 Å². The number of piperazine rings is 1. The summed E-state index contributed by atoms with van der Waals surface area (Å²) in [5.74, 6) is -0.150. The highest BCUT2D eigenvalue weighted by Crippen LogP contribution is 2.35. The summed E-state index contributed by atoms with van der Waals surface area (Å²) in [7, 11) is 0. The number of alkyl halides is 3. The van der Waals surface area contributed by atoms with Crippen molar-refractivity contribution < 1.29 is 22.7 Å². The molecule has 1 aromatic rings. The predicted octanol–water partition coefficient (Wildman–Crippen LogP) is 2.56. The Balaban J connectivity index is 1.54. The molecule has 1 aromatic carbocycles. The van der Waals surface area contributed by atoms with Crippen molar-refractivity contribution in [3.8, 4) is 0 Å². The van der Waals surface area contributed by atoms with Crippen LogP contribution in [0.15, 0.2) is 18.2 Å². The molecule has 0 saturated carbocycles. The van der Waals surface area contributed by atoms with Crippen molar-refractivity contribution in [2.75, 3.05) is 39.4 Å². The van der Waals surface area contributed by atoms with Crippen LogP contribution in [0.1, 0.15) is 24.0 Å². The van der Waals surface area contributed by atoms with Gasteiger partial charge < -0.3 is 15.0 Å². The molecule has 0 spiro atoms. The molecule has 3 heterocycles. The van der Waals surface area contributed by atoms with Crippen LogP contribution in [0, 0.1) is 0 Å². The van der Waals surface area contributed by atoms with Crippen molar-refractivity contribution in [2.45, 2.75) is 43.6 Å². The van der Waals surface area contributed by atoms with Crippen LogP contribution in [0.5, 0.6) is 0 Å². The zero-order valence-electron chi connectivity index (χ0n) is 16.1. The van der Waals surface area contributed by atoms with Crippen molar-refractivity contribution in [3.05, 3.63) is 34.3 Å². The van der Waals surface area contributed by atoms with Crippen molar-refractivity contribution >= 4 is 17.5 Å². The zero-order chi connectivity index (χ0) is 20.6. The molecule has 3 atom stereocenters. The van der Waals surface area contributed by atoms with E-state index >= 15 is 0 Å². The Hall–Kier alpha value is -1.35. The lowest BCUT2D eigenvalue weighted by molar-refractivity contribution is -0.143. The fourth-order valence-corrected chi connectivity index (χ4v) is 4.99. The maximum Gasteiger partial charge on any atom is 0.417 e. The number of nitrogens with zero attached hydrogens (tertiary/aromatic N) is 2. The molecule has 3 saturated heterocycles. The van der Waals surface area contributed by atoms with E-state index in [1.807, 2.05) is 4.90 Å². The highest BCUT2D eigenvalue weighted by molar-refractivity contribution is 6.31. The largest absolute Gasteiger partial charge is 0.417 e. The number of carbonyl (C=O) groups is 1. The summed E-state index contributed by atoms with van der Waals surface area (Å²) in [5, 5.41) is 3.10. The molecule has 5 nitrogen and oxygen atoms in total. The van der Waals surface area contributed by atoms with E-state index in [-0.39, 0.29) is 35.5 Å². The summed E-state index contributed by atoms with van der Waals surface area (Å²) in [6.07, 6.45) is -2.34. The minimum atomic E-state index is -4.54. The summed E-state index contributed by atoms with van der Waals surface area (Å²) in [6.45, 7) is 4.29. The van der Waals surface area contributed by atoms with Gasteiger partial charge in [0.2, 0.25) is 5.91 Å². The van der Waals surface area contributed by atoms with Crippen molar-refractivity contribution in [1.82, 2.24) is 15.1 Å². The van der Waals surface area contributed by atoms with Crippen LogP contribution in [-0.2, 0) is 22.1 Å². The summed E-state index contributed by atoms with van der Waals surface area (Å²) in [5.41, 5.74) is -0.574. The second kappa shape index (κ2) is 8.41. The number of likely N-dealkylation sites (tertiary alicyclic amines) is 1. The van der Waals surface area contributed by atoms with Gasteiger partial charge in [0, 0.05) is 13.1 Å². The van der Waals surface area contributed by atoms with Gasteiger partial charge in [-0.2, -0.15) is 13.2 Å². The molecule has 160 valence electrons. The maximum atomic E-state index is 13.2. The van der Waals surface area contributed by atoms with Gasteiger partial charge in [-0.1, -0.05) is 17.7 Å². The molecule has 0 radical (unpaired) electrons. The SMILES string of the molecule is O=C(Cc1ccc(Cl)c(C(F)(F)F)c1)N1CCNC2COCC(N3CCCC3)[C@H]21. The third kappa shape index (κ3) is 4.40. The van der Waals surface area contributed by atoms with Crippen LogP contribution >= 0.6 is 11.6 Å². The average Bonchev–Trinajstić information content (AvgIpc) is 3.22. The maximum absolute atomic E-state index is 13.2. The molecule has 9 heteroatoms. The summed E-state index contributed by atoms with van der Waals surface area (Å²) in [6, 6.07) is 3.83. The molecular weight excluding hydrogens is 407 g/mol. The molecular formula is C20H25ClF3N3O2. The first kappa shape index (κ1) is 20.9. The van der Waals surface area contributed by atoms with E-state index in [1.165, 1.54) is 12.1 Å². The van der Waals surface area contributed by atoms with Gasteiger partial charge in [0.05, 0.1) is 48.3 Å². The van der Waals surface area contributed by atoms with Crippen molar-refractivity contribution in [2.24, 2.45) is 0 Å². The van der Waals surface area contributed by atoms with E-state index in [9.17, 15) is 18.0 Å². The molecule has 0 bridgehead atoms. The first-order valence-electron chi connectivity index (χ1n) is 10.0. The lowest BCUT2D eigenvalue weighted by atomic mass is 9.92. The number of ether oxygens (including phenoxy) is 1. The number of benzene rings is 1. The number of carbonyl (C=O) groups excluding carboxylic acids is 1. The van der Waals surface area contributed by atoms with Gasteiger partial charge in [0.25, 0.3) is 0 Å². The number of amides is 1. The van der Waals surface area contributed by atoms with Crippen LogP contribution in [0.25, 0.3) is 0 Å². The first-order chi connectivity index (χ1) is 13.8. The van der Waals surface area contributed by atoms with Gasteiger partial charge in [-0.15, -0.1) is 0 Å². The molecule has 4 rings (SSSR count). The van der Waals surface area contributed by atoms with E-state index in [1.54, 1.807) is 0 Å². The fourth-order valence-electron chi connectivity index (χ4n) is 4.77. The molecule has 3 fully saturated rings. The lowest BCUT2D eigenvalue weighted by Gasteiger charge is -2.50. The number of nitrogens with one attached hydrogen (secondary N) is 1.